The average Bonchev–Trinajstić information content (AvgIpc) is 3.20. The molecule has 20 heavy (non-hydrogen) atoms. The number of rotatable bonds is 4. The van der Waals surface area contributed by atoms with E-state index in [0.717, 1.165) is 24.9 Å². The van der Waals surface area contributed by atoms with Crippen LogP contribution in [0.4, 0.5) is 4.39 Å². The van der Waals surface area contributed by atoms with E-state index in [1.807, 2.05) is 0 Å². The Morgan fingerprint density at radius 1 is 1.45 bits per heavy atom. The van der Waals surface area contributed by atoms with Gasteiger partial charge < -0.3 is 9.84 Å². The largest absolute Gasteiger partial charge is 0.481 e. The second kappa shape index (κ2) is 5.14. The third-order valence-corrected chi connectivity index (χ3v) is 4.20. The number of epoxide rings is 1. The molecule has 2 aliphatic rings. The van der Waals surface area contributed by atoms with Crippen LogP contribution >= 0.6 is 0 Å². The molecule has 5 heteroatoms. The van der Waals surface area contributed by atoms with Crippen molar-refractivity contribution in [3.05, 3.63) is 35.6 Å². The van der Waals surface area contributed by atoms with Crippen LogP contribution in [0.25, 0.3) is 0 Å². The molecule has 2 heterocycles. The fourth-order valence-corrected chi connectivity index (χ4v) is 2.95. The molecule has 1 N–H and O–H groups in total. The number of piperidine rings is 1. The van der Waals surface area contributed by atoms with Crippen LogP contribution in [-0.2, 0) is 15.1 Å². The zero-order valence-electron chi connectivity index (χ0n) is 11.2. The van der Waals surface area contributed by atoms with Gasteiger partial charge in [-0.3, -0.25) is 9.69 Å². The van der Waals surface area contributed by atoms with Crippen molar-refractivity contribution in [3.8, 4) is 0 Å². The zero-order chi connectivity index (χ0) is 14.2. The number of nitrogens with zero attached hydrogens (tertiary/aromatic N) is 1. The lowest BCUT2D eigenvalue weighted by atomic mass is 9.94. The number of benzene rings is 1. The van der Waals surface area contributed by atoms with Crippen LogP contribution in [0, 0.1) is 11.7 Å². The monoisotopic (exact) mass is 279 g/mol. The molecule has 0 amide bonds. The van der Waals surface area contributed by atoms with Crippen LogP contribution < -0.4 is 0 Å². The average molecular weight is 279 g/mol. The third kappa shape index (κ3) is 2.69. The summed E-state index contributed by atoms with van der Waals surface area (Å²) in [5.74, 6) is -1.26. The Bertz CT molecular complexity index is 498. The third-order valence-electron chi connectivity index (χ3n) is 4.20. The lowest BCUT2D eigenvalue weighted by Crippen LogP contribution is -2.42. The van der Waals surface area contributed by atoms with Crippen LogP contribution in [0.15, 0.2) is 24.3 Å². The van der Waals surface area contributed by atoms with E-state index in [4.69, 9.17) is 9.84 Å². The van der Waals surface area contributed by atoms with E-state index in [1.165, 1.54) is 12.1 Å². The number of carbonyl (C=O) groups is 1. The first-order chi connectivity index (χ1) is 9.59. The maximum atomic E-state index is 13.0. The number of likely N-dealkylation sites (tertiary alicyclic amines) is 1. The minimum atomic E-state index is -0.720. The Kier molecular flexibility index (Phi) is 3.48. The first-order valence-corrected chi connectivity index (χ1v) is 6.94. The van der Waals surface area contributed by atoms with E-state index in [0.29, 0.717) is 19.7 Å². The van der Waals surface area contributed by atoms with Crippen molar-refractivity contribution in [2.24, 2.45) is 5.92 Å². The predicted molar refractivity (Wildman–Crippen MR) is 70.8 cm³/mol. The van der Waals surface area contributed by atoms with Crippen molar-refractivity contribution in [2.45, 2.75) is 18.4 Å². The maximum absolute atomic E-state index is 13.0. The SMILES string of the molecule is O=C(O)C1CCCN(CC2(c3ccc(F)cc3)CO2)C1. The predicted octanol–water partition coefficient (Wildman–Crippen LogP) is 1.85. The molecule has 2 saturated heterocycles. The Balaban J connectivity index is 1.68. The molecule has 2 unspecified atom stereocenters. The Morgan fingerprint density at radius 2 is 2.15 bits per heavy atom. The van der Waals surface area contributed by atoms with Crippen molar-refractivity contribution in [3.63, 3.8) is 0 Å². The minimum Gasteiger partial charge on any atom is -0.481 e. The summed E-state index contributed by atoms with van der Waals surface area (Å²) in [6.07, 6.45) is 1.65. The highest BCUT2D eigenvalue weighted by Crippen LogP contribution is 2.40. The van der Waals surface area contributed by atoms with Crippen LogP contribution in [-0.4, -0.2) is 42.2 Å². The highest BCUT2D eigenvalue weighted by atomic mass is 19.1. The molecule has 0 aromatic heterocycles. The quantitative estimate of drug-likeness (QED) is 0.855. The number of hydrogen-bond donors (Lipinski definition) is 1. The summed E-state index contributed by atoms with van der Waals surface area (Å²) in [5, 5.41) is 9.12. The van der Waals surface area contributed by atoms with E-state index in [2.05, 4.69) is 4.90 Å². The number of ether oxygens (including phenoxy) is 1. The maximum Gasteiger partial charge on any atom is 0.307 e. The fourth-order valence-electron chi connectivity index (χ4n) is 2.95. The summed E-state index contributed by atoms with van der Waals surface area (Å²) < 4.78 is 18.6. The molecular weight excluding hydrogens is 261 g/mol. The lowest BCUT2D eigenvalue weighted by Gasteiger charge is -2.32. The number of carboxylic acids is 1. The topological polar surface area (TPSA) is 53.1 Å². The van der Waals surface area contributed by atoms with Crippen molar-refractivity contribution >= 4 is 5.97 Å². The molecule has 2 atom stereocenters. The Morgan fingerprint density at radius 3 is 2.75 bits per heavy atom. The standard InChI is InChI=1S/C15H18FNO3/c16-13-5-3-12(4-6-13)15(10-20-15)9-17-7-1-2-11(8-17)14(18)19/h3-6,11H,1-2,7-10H2,(H,18,19). The van der Waals surface area contributed by atoms with Gasteiger partial charge >= 0.3 is 5.97 Å². The lowest BCUT2D eigenvalue weighted by molar-refractivity contribution is -0.143. The number of halogens is 1. The molecule has 108 valence electrons. The molecule has 4 nitrogen and oxygen atoms in total. The molecular formula is C15H18FNO3. The summed E-state index contributed by atoms with van der Waals surface area (Å²) in [6, 6.07) is 6.38. The van der Waals surface area contributed by atoms with Crippen molar-refractivity contribution in [2.75, 3.05) is 26.2 Å². The van der Waals surface area contributed by atoms with Gasteiger partial charge in [0.1, 0.15) is 11.4 Å². The normalized spacial score (nSPS) is 30.1. The number of carboxylic acid groups (broad SMARTS) is 1. The van der Waals surface area contributed by atoms with Gasteiger partial charge in [-0.05, 0) is 37.1 Å². The van der Waals surface area contributed by atoms with Gasteiger partial charge in [-0.1, -0.05) is 12.1 Å². The number of hydrogen-bond acceptors (Lipinski definition) is 3. The first-order valence-electron chi connectivity index (χ1n) is 6.94. The van der Waals surface area contributed by atoms with E-state index >= 15 is 0 Å². The first kappa shape index (κ1) is 13.5. The number of aliphatic carboxylic acids is 1. The summed E-state index contributed by atoms with van der Waals surface area (Å²) in [4.78, 5) is 13.2. The molecule has 0 saturated carbocycles. The van der Waals surface area contributed by atoms with Gasteiger partial charge in [-0.2, -0.15) is 0 Å². The molecule has 3 rings (SSSR count). The van der Waals surface area contributed by atoms with E-state index < -0.39 is 5.97 Å². The Hall–Kier alpha value is -1.46. The molecule has 0 bridgehead atoms. The summed E-state index contributed by atoms with van der Waals surface area (Å²) in [6.45, 7) is 2.77. The summed E-state index contributed by atoms with van der Waals surface area (Å²) in [7, 11) is 0. The molecule has 2 fully saturated rings. The molecule has 2 aliphatic heterocycles. The van der Waals surface area contributed by atoms with Gasteiger partial charge in [0.25, 0.3) is 0 Å². The Labute approximate surface area is 117 Å². The second-order valence-corrected chi connectivity index (χ2v) is 5.70. The van der Waals surface area contributed by atoms with Gasteiger partial charge in [0.2, 0.25) is 0 Å². The van der Waals surface area contributed by atoms with Gasteiger partial charge in [-0.15, -0.1) is 0 Å². The summed E-state index contributed by atoms with van der Waals surface area (Å²) >= 11 is 0. The van der Waals surface area contributed by atoms with Gasteiger partial charge in [0.05, 0.1) is 12.5 Å². The minimum absolute atomic E-state index is 0.256. The van der Waals surface area contributed by atoms with Gasteiger partial charge in [0.15, 0.2) is 0 Å². The molecule has 0 spiro atoms. The van der Waals surface area contributed by atoms with Crippen molar-refractivity contribution < 1.29 is 19.0 Å². The fraction of sp³-hybridized carbons (Fsp3) is 0.533. The smallest absolute Gasteiger partial charge is 0.307 e. The van der Waals surface area contributed by atoms with Crippen LogP contribution in [0.3, 0.4) is 0 Å². The highest BCUT2D eigenvalue weighted by Gasteiger charge is 2.48. The highest BCUT2D eigenvalue weighted by molar-refractivity contribution is 5.70. The molecule has 0 radical (unpaired) electrons. The molecule has 0 aliphatic carbocycles. The van der Waals surface area contributed by atoms with Gasteiger partial charge in [-0.25, -0.2) is 4.39 Å². The molecule has 1 aromatic rings. The zero-order valence-corrected chi connectivity index (χ0v) is 11.2. The second-order valence-electron chi connectivity index (χ2n) is 5.70. The van der Waals surface area contributed by atoms with Crippen molar-refractivity contribution in [1.29, 1.82) is 0 Å². The molecule has 1 aromatic carbocycles. The van der Waals surface area contributed by atoms with Crippen LogP contribution in [0.2, 0.25) is 0 Å². The van der Waals surface area contributed by atoms with E-state index in [-0.39, 0.29) is 17.3 Å². The van der Waals surface area contributed by atoms with E-state index in [1.54, 1.807) is 12.1 Å². The van der Waals surface area contributed by atoms with E-state index in [9.17, 15) is 9.18 Å². The van der Waals surface area contributed by atoms with Crippen LogP contribution in [0.5, 0.6) is 0 Å². The summed E-state index contributed by atoms with van der Waals surface area (Å²) in [5.41, 5.74) is 0.602. The van der Waals surface area contributed by atoms with Crippen LogP contribution in [0.1, 0.15) is 18.4 Å². The van der Waals surface area contributed by atoms with Crippen molar-refractivity contribution in [1.82, 2.24) is 4.90 Å². The van der Waals surface area contributed by atoms with Gasteiger partial charge in [0, 0.05) is 13.1 Å².